The zero-order valence-electron chi connectivity index (χ0n) is 11.2. The molecule has 1 fully saturated rings. The third-order valence-corrected chi connectivity index (χ3v) is 4.76. The monoisotopic (exact) mass is 276 g/mol. The molecular formula is C12H24N2O3S. The summed E-state index contributed by atoms with van der Waals surface area (Å²) in [6.45, 7) is 5.44. The summed E-state index contributed by atoms with van der Waals surface area (Å²) in [7, 11) is -2.79. The second kappa shape index (κ2) is 7.09. The van der Waals surface area contributed by atoms with Gasteiger partial charge in [0, 0.05) is 25.6 Å². The Labute approximate surface area is 110 Å². The molecule has 0 spiro atoms. The van der Waals surface area contributed by atoms with Crippen LogP contribution in [0.3, 0.4) is 0 Å². The topological polar surface area (TPSA) is 75.3 Å². The number of rotatable bonds is 6. The van der Waals surface area contributed by atoms with Crippen LogP contribution < -0.4 is 10.6 Å². The second-order valence-electron chi connectivity index (χ2n) is 5.33. The fourth-order valence-corrected chi connectivity index (χ4v) is 3.38. The minimum absolute atomic E-state index is 0.0552. The molecule has 0 radical (unpaired) electrons. The van der Waals surface area contributed by atoms with Crippen molar-refractivity contribution in [1.29, 1.82) is 0 Å². The molecular weight excluding hydrogens is 252 g/mol. The lowest BCUT2D eigenvalue weighted by molar-refractivity contribution is -0.121. The van der Waals surface area contributed by atoms with Crippen LogP contribution in [0.2, 0.25) is 0 Å². The summed E-state index contributed by atoms with van der Waals surface area (Å²) in [4.78, 5) is 11.4. The summed E-state index contributed by atoms with van der Waals surface area (Å²) in [5, 5.41) is 6.11. The lowest BCUT2D eigenvalue weighted by Crippen LogP contribution is -2.39. The number of hydrogen-bond donors (Lipinski definition) is 2. The van der Waals surface area contributed by atoms with Gasteiger partial charge in [-0.15, -0.1) is 0 Å². The Morgan fingerprint density at radius 2 is 1.89 bits per heavy atom. The van der Waals surface area contributed by atoms with Crippen LogP contribution in [0.25, 0.3) is 0 Å². The molecule has 5 nitrogen and oxygen atoms in total. The van der Waals surface area contributed by atoms with Crippen molar-refractivity contribution >= 4 is 15.7 Å². The van der Waals surface area contributed by atoms with E-state index in [1.165, 1.54) is 0 Å². The highest BCUT2D eigenvalue weighted by molar-refractivity contribution is 7.91. The van der Waals surface area contributed by atoms with E-state index in [0.717, 1.165) is 0 Å². The van der Waals surface area contributed by atoms with Crippen LogP contribution in [0.15, 0.2) is 0 Å². The number of amides is 1. The van der Waals surface area contributed by atoms with Crippen LogP contribution in [0.4, 0.5) is 0 Å². The Kier molecular flexibility index (Phi) is 6.08. The summed E-state index contributed by atoms with van der Waals surface area (Å²) in [5.74, 6) is 1.05. The molecule has 0 saturated carbocycles. The quantitative estimate of drug-likeness (QED) is 0.732. The number of carbonyl (C=O) groups excluding carboxylic acids is 1. The van der Waals surface area contributed by atoms with Crippen LogP contribution >= 0.6 is 0 Å². The lowest BCUT2D eigenvalue weighted by atomic mass is 10.1. The Hall–Kier alpha value is -0.620. The maximum Gasteiger partial charge on any atom is 0.221 e. The zero-order valence-corrected chi connectivity index (χ0v) is 12.1. The van der Waals surface area contributed by atoms with Gasteiger partial charge in [-0.1, -0.05) is 13.8 Å². The standard InChI is InChI=1S/C12H24N2O3S/c1-10(2)9-14-12(15)3-6-13-11-4-7-18(16,17)8-5-11/h10-11,13H,3-9H2,1-2H3,(H,14,15). The van der Waals surface area contributed by atoms with E-state index in [1.54, 1.807) is 0 Å². The molecule has 0 aromatic rings. The van der Waals surface area contributed by atoms with E-state index in [0.29, 0.717) is 38.3 Å². The third kappa shape index (κ3) is 6.35. The third-order valence-electron chi connectivity index (χ3n) is 3.05. The van der Waals surface area contributed by atoms with Crippen molar-refractivity contribution in [3.05, 3.63) is 0 Å². The van der Waals surface area contributed by atoms with Gasteiger partial charge in [-0.25, -0.2) is 8.42 Å². The molecule has 1 rings (SSSR count). The highest BCUT2D eigenvalue weighted by Crippen LogP contribution is 2.11. The van der Waals surface area contributed by atoms with Gasteiger partial charge in [0.2, 0.25) is 5.91 Å². The van der Waals surface area contributed by atoms with Gasteiger partial charge in [-0.3, -0.25) is 4.79 Å². The Bertz CT molecular complexity index is 352. The molecule has 1 amide bonds. The SMILES string of the molecule is CC(C)CNC(=O)CCNC1CCS(=O)(=O)CC1. The minimum atomic E-state index is -2.79. The maximum atomic E-state index is 11.4. The summed E-state index contributed by atoms with van der Waals surface area (Å²) < 4.78 is 22.5. The zero-order chi connectivity index (χ0) is 13.6. The maximum absolute atomic E-state index is 11.4. The predicted molar refractivity (Wildman–Crippen MR) is 72.1 cm³/mol. The molecule has 1 aliphatic rings. The summed E-state index contributed by atoms with van der Waals surface area (Å²) in [6.07, 6.45) is 1.78. The van der Waals surface area contributed by atoms with Gasteiger partial charge >= 0.3 is 0 Å². The largest absolute Gasteiger partial charge is 0.356 e. The number of nitrogens with one attached hydrogen (secondary N) is 2. The predicted octanol–water partition coefficient (Wildman–Crippen LogP) is 0.316. The lowest BCUT2D eigenvalue weighted by Gasteiger charge is -2.23. The molecule has 2 N–H and O–H groups in total. The van der Waals surface area contributed by atoms with Gasteiger partial charge in [-0.05, 0) is 18.8 Å². The van der Waals surface area contributed by atoms with E-state index in [-0.39, 0.29) is 23.5 Å². The second-order valence-corrected chi connectivity index (χ2v) is 7.63. The van der Waals surface area contributed by atoms with Gasteiger partial charge in [0.05, 0.1) is 11.5 Å². The van der Waals surface area contributed by atoms with E-state index >= 15 is 0 Å². The van der Waals surface area contributed by atoms with E-state index < -0.39 is 9.84 Å². The molecule has 1 heterocycles. The van der Waals surface area contributed by atoms with Crippen LogP contribution in [0, 0.1) is 5.92 Å². The smallest absolute Gasteiger partial charge is 0.221 e. The fraction of sp³-hybridized carbons (Fsp3) is 0.917. The molecule has 1 saturated heterocycles. The van der Waals surface area contributed by atoms with Gasteiger partial charge in [0.25, 0.3) is 0 Å². The molecule has 1 aliphatic heterocycles. The molecule has 6 heteroatoms. The average molecular weight is 276 g/mol. The Morgan fingerprint density at radius 1 is 1.28 bits per heavy atom. The van der Waals surface area contributed by atoms with Gasteiger partial charge in [0.1, 0.15) is 9.84 Å². The Balaban J connectivity index is 2.10. The highest BCUT2D eigenvalue weighted by atomic mass is 32.2. The van der Waals surface area contributed by atoms with Crippen molar-refractivity contribution in [2.75, 3.05) is 24.6 Å². The summed E-state index contributed by atoms with van der Waals surface area (Å²) in [5.41, 5.74) is 0. The van der Waals surface area contributed by atoms with Crippen LogP contribution in [-0.4, -0.2) is 45.0 Å². The summed E-state index contributed by atoms with van der Waals surface area (Å²) >= 11 is 0. The molecule has 18 heavy (non-hydrogen) atoms. The number of sulfone groups is 1. The molecule has 106 valence electrons. The van der Waals surface area contributed by atoms with Crippen molar-refractivity contribution in [3.8, 4) is 0 Å². The first-order valence-corrected chi connectivity index (χ1v) is 8.41. The molecule has 0 bridgehead atoms. The van der Waals surface area contributed by atoms with Crippen molar-refractivity contribution in [2.24, 2.45) is 5.92 Å². The van der Waals surface area contributed by atoms with Gasteiger partial charge in [-0.2, -0.15) is 0 Å². The normalized spacial score (nSPS) is 19.9. The van der Waals surface area contributed by atoms with Crippen molar-refractivity contribution in [3.63, 3.8) is 0 Å². The van der Waals surface area contributed by atoms with Gasteiger partial charge in [0.15, 0.2) is 0 Å². The van der Waals surface area contributed by atoms with Crippen molar-refractivity contribution < 1.29 is 13.2 Å². The molecule has 0 aromatic heterocycles. The molecule has 0 atom stereocenters. The molecule has 0 aromatic carbocycles. The number of carbonyl (C=O) groups is 1. The van der Waals surface area contributed by atoms with E-state index in [1.807, 2.05) is 0 Å². The first-order valence-electron chi connectivity index (χ1n) is 6.59. The van der Waals surface area contributed by atoms with Crippen LogP contribution in [-0.2, 0) is 14.6 Å². The van der Waals surface area contributed by atoms with E-state index in [2.05, 4.69) is 24.5 Å². The van der Waals surface area contributed by atoms with E-state index in [9.17, 15) is 13.2 Å². The van der Waals surface area contributed by atoms with Gasteiger partial charge < -0.3 is 10.6 Å². The van der Waals surface area contributed by atoms with Crippen LogP contribution in [0.5, 0.6) is 0 Å². The fourth-order valence-electron chi connectivity index (χ4n) is 1.89. The van der Waals surface area contributed by atoms with Crippen molar-refractivity contribution in [1.82, 2.24) is 10.6 Å². The molecule has 0 aliphatic carbocycles. The minimum Gasteiger partial charge on any atom is -0.356 e. The first kappa shape index (κ1) is 15.4. The van der Waals surface area contributed by atoms with Crippen LogP contribution in [0.1, 0.15) is 33.1 Å². The Morgan fingerprint density at radius 3 is 2.44 bits per heavy atom. The summed E-state index contributed by atoms with van der Waals surface area (Å²) in [6, 6.07) is 0.242. The number of hydrogen-bond acceptors (Lipinski definition) is 4. The molecule has 0 unspecified atom stereocenters. The first-order chi connectivity index (χ1) is 8.39. The highest BCUT2D eigenvalue weighted by Gasteiger charge is 2.22. The average Bonchev–Trinajstić information content (AvgIpc) is 2.29. The van der Waals surface area contributed by atoms with Crippen molar-refractivity contribution in [2.45, 2.75) is 39.2 Å². The van der Waals surface area contributed by atoms with E-state index in [4.69, 9.17) is 0 Å².